The topological polar surface area (TPSA) is 146 Å². The molecular formula is C30H29F2N9O. The monoisotopic (exact) mass is 569 g/mol. The average molecular weight is 570 g/mol. The molecule has 2 aromatic carbocycles. The lowest BCUT2D eigenvalue weighted by Crippen LogP contribution is -2.17. The number of para-hydroxylation sites is 1. The highest BCUT2D eigenvalue weighted by Crippen LogP contribution is 2.30. The fraction of sp³-hybridized carbons (Fsp3) is 0.133. The van der Waals surface area contributed by atoms with Crippen LogP contribution in [0.2, 0.25) is 0 Å². The highest BCUT2D eigenvalue weighted by Gasteiger charge is 2.20. The molecular weight excluding hydrogens is 540 g/mol. The zero-order chi connectivity index (χ0) is 29.5. The molecule has 0 saturated heterocycles. The second-order valence-corrected chi connectivity index (χ2v) is 9.12. The number of allylic oxidation sites excluding steroid dienone is 1. The van der Waals surface area contributed by atoms with Crippen LogP contribution in [0.1, 0.15) is 23.9 Å². The second-order valence-electron chi connectivity index (χ2n) is 9.12. The van der Waals surface area contributed by atoms with Crippen molar-refractivity contribution < 1.29 is 13.5 Å². The maximum atomic E-state index is 14.7. The largest absolute Gasteiger partial charge is 0.494 e. The van der Waals surface area contributed by atoms with Gasteiger partial charge in [-0.1, -0.05) is 18.2 Å². The molecule has 42 heavy (non-hydrogen) atoms. The summed E-state index contributed by atoms with van der Waals surface area (Å²) >= 11 is 0. The van der Waals surface area contributed by atoms with E-state index in [4.69, 9.17) is 15.9 Å². The summed E-state index contributed by atoms with van der Waals surface area (Å²) in [6.07, 6.45) is 8.83. The number of nitrogens with zero attached hydrogens (tertiary/aromatic N) is 3. The number of hydrogen-bond acceptors (Lipinski definition) is 10. The molecule has 12 heteroatoms. The van der Waals surface area contributed by atoms with Crippen molar-refractivity contribution in [2.75, 3.05) is 34.8 Å². The van der Waals surface area contributed by atoms with E-state index in [0.29, 0.717) is 41.7 Å². The van der Waals surface area contributed by atoms with Crippen molar-refractivity contribution in [3.63, 3.8) is 0 Å². The number of benzene rings is 2. The van der Waals surface area contributed by atoms with Crippen molar-refractivity contribution in [2.24, 2.45) is 0 Å². The van der Waals surface area contributed by atoms with E-state index >= 15 is 0 Å². The highest BCUT2D eigenvalue weighted by molar-refractivity contribution is 6.12. The molecule has 0 saturated carbocycles. The molecule has 1 aliphatic heterocycles. The molecule has 214 valence electrons. The lowest BCUT2D eigenvalue weighted by molar-refractivity contribution is 0.335. The zero-order valence-corrected chi connectivity index (χ0v) is 22.7. The van der Waals surface area contributed by atoms with Crippen molar-refractivity contribution in [2.45, 2.75) is 13.5 Å². The van der Waals surface area contributed by atoms with E-state index in [2.05, 4.69) is 36.2 Å². The second kappa shape index (κ2) is 12.8. The molecule has 0 atom stereocenters. The summed E-state index contributed by atoms with van der Waals surface area (Å²) in [6.45, 7) is 2.50. The van der Waals surface area contributed by atoms with Crippen LogP contribution in [0.3, 0.4) is 0 Å². The standard InChI is InChI=1S/C30H29F2N9O/c1-2-42-20-15-23(31)22(24(32)16-20)17-37-25-6-4-3-5-21(25)26(33)28-40-29(38-18-7-11-35-12-8-18)27(34)30(41-28)39-19-9-13-36-14-10-19/h3-13,15-16,33,36-37H,2,14,17,34H2,1H3,(H2,35,38,39,40,41). The van der Waals surface area contributed by atoms with Crippen molar-refractivity contribution in [1.82, 2.24) is 20.3 Å². The Kier molecular flexibility index (Phi) is 8.52. The van der Waals surface area contributed by atoms with Crippen LogP contribution in [-0.4, -0.2) is 33.8 Å². The van der Waals surface area contributed by atoms with Crippen molar-refractivity contribution in [3.05, 3.63) is 114 Å². The van der Waals surface area contributed by atoms with Crippen LogP contribution >= 0.6 is 0 Å². The molecule has 0 unspecified atom stereocenters. The minimum absolute atomic E-state index is 0.0265. The number of hydrogen-bond donors (Lipinski definition) is 6. The summed E-state index contributed by atoms with van der Waals surface area (Å²) in [6, 6.07) is 12.8. The predicted octanol–water partition coefficient (Wildman–Crippen LogP) is 5.32. The van der Waals surface area contributed by atoms with Crippen molar-refractivity contribution in [1.29, 1.82) is 5.41 Å². The third kappa shape index (κ3) is 6.44. The molecule has 0 radical (unpaired) electrons. The summed E-state index contributed by atoms with van der Waals surface area (Å²) in [7, 11) is 0. The van der Waals surface area contributed by atoms with Crippen LogP contribution in [0.25, 0.3) is 0 Å². The van der Waals surface area contributed by atoms with Gasteiger partial charge in [0.1, 0.15) is 28.8 Å². The molecule has 1 aliphatic rings. The first-order chi connectivity index (χ1) is 20.4. The lowest BCUT2D eigenvalue weighted by atomic mass is 10.1. The summed E-state index contributed by atoms with van der Waals surface area (Å²) < 4.78 is 34.6. The normalized spacial score (nSPS) is 12.2. The molecule has 10 nitrogen and oxygen atoms in total. The number of aromatic nitrogens is 3. The Morgan fingerprint density at radius 1 is 1.05 bits per heavy atom. The fourth-order valence-electron chi connectivity index (χ4n) is 4.18. The molecule has 0 spiro atoms. The van der Waals surface area contributed by atoms with Gasteiger partial charge in [0, 0.05) is 65.8 Å². The molecule has 7 N–H and O–H groups in total. The third-order valence-corrected chi connectivity index (χ3v) is 6.27. The summed E-state index contributed by atoms with van der Waals surface area (Å²) in [5, 5.41) is 21.6. The van der Waals surface area contributed by atoms with Gasteiger partial charge in [-0.2, -0.15) is 0 Å². The minimum Gasteiger partial charge on any atom is -0.494 e. The van der Waals surface area contributed by atoms with Crippen LogP contribution < -0.4 is 31.7 Å². The Bertz CT molecular complexity index is 1640. The van der Waals surface area contributed by atoms with Gasteiger partial charge in [0.25, 0.3) is 0 Å². The Labute approximate surface area is 241 Å². The van der Waals surface area contributed by atoms with E-state index in [0.717, 1.165) is 17.8 Å². The number of halogens is 2. The smallest absolute Gasteiger partial charge is 0.182 e. The highest BCUT2D eigenvalue weighted by atomic mass is 19.1. The SMILES string of the molecule is CCOc1cc(F)c(CNc2ccccc2C(=N)c2nc(NC3=CCNC=C3)c(N)c(Nc3ccncc3)n2)c(F)c1. The molecule has 0 aliphatic carbocycles. The van der Waals surface area contributed by atoms with Crippen LogP contribution in [0, 0.1) is 17.0 Å². The number of nitrogens with one attached hydrogen (secondary N) is 5. The van der Waals surface area contributed by atoms with Crippen LogP contribution in [-0.2, 0) is 6.54 Å². The van der Waals surface area contributed by atoms with Gasteiger partial charge in [-0.25, -0.2) is 18.7 Å². The maximum absolute atomic E-state index is 14.7. The van der Waals surface area contributed by atoms with Crippen molar-refractivity contribution >= 4 is 34.4 Å². The molecule has 4 aromatic rings. The molecule has 0 fully saturated rings. The Morgan fingerprint density at radius 2 is 1.76 bits per heavy atom. The first-order valence-corrected chi connectivity index (χ1v) is 13.2. The van der Waals surface area contributed by atoms with Crippen LogP contribution in [0.4, 0.5) is 37.5 Å². The average Bonchev–Trinajstić information content (AvgIpc) is 3.00. The van der Waals surface area contributed by atoms with E-state index in [1.165, 1.54) is 0 Å². The van der Waals surface area contributed by atoms with Crippen LogP contribution in [0.5, 0.6) is 5.75 Å². The van der Waals surface area contributed by atoms with E-state index in [1.807, 2.05) is 12.2 Å². The predicted molar refractivity (Wildman–Crippen MR) is 160 cm³/mol. The van der Waals surface area contributed by atoms with E-state index in [-0.39, 0.29) is 35.1 Å². The van der Waals surface area contributed by atoms with E-state index < -0.39 is 11.6 Å². The summed E-state index contributed by atoms with van der Waals surface area (Å²) in [5.74, 6) is -0.665. The molecule has 5 rings (SSSR count). The molecule has 0 amide bonds. The fourth-order valence-corrected chi connectivity index (χ4v) is 4.18. The quantitative estimate of drug-likeness (QED) is 0.132. The van der Waals surface area contributed by atoms with Crippen molar-refractivity contribution in [3.8, 4) is 5.75 Å². The number of anilines is 5. The summed E-state index contributed by atoms with van der Waals surface area (Å²) in [4.78, 5) is 13.2. The third-order valence-electron chi connectivity index (χ3n) is 6.27. The van der Waals surface area contributed by atoms with Gasteiger partial charge in [0.05, 0.1) is 6.61 Å². The van der Waals surface area contributed by atoms with Gasteiger partial charge in [-0.05, 0) is 43.5 Å². The minimum atomic E-state index is -0.732. The van der Waals surface area contributed by atoms with Gasteiger partial charge < -0.3 is 31.7 Å². The van der Waals surface area contributed by atoms with Crippen LogP contribution in [0.15, 0.2) is 85.0 Å². The van der Waals surface area contributed by atoms with Gasteiger partial charge in [0.2, 0.25) is 0 Å². The van der Waals surface area contributed by atoms with Gasteiger partial charge in [-0.15, -0.1) is 0 Å². The maximum Gasteiger partial charge on any atom is 0.182 e. The first-order valence-electron chi connectivity index (χ1n) is 13.2. The number of nitrogens with two attached hydrogens (primary N) is 1. The van der Waals surface area contributed by atoms with Gasteiger partial charge in [0.15, 0.2) is 17.5 Å². The molecule has 3 heterocycles. The zero-order valence-electron chi connectivity index (χ0n) is 22.7. The van der Waals surface area contributed by atoms with E-state index in [9.17, 15) is 8.78 Å². The Hall–Kier alpha value is -5.52. The van der Waals surface area contributed by atoms with E-state index in [1.54, 1.807) is 61.9 Å². The number of dihydropyridines is 1. The molecule has 2 aromatic heterocycles. The number of pyridine rings is 1. The first kappa shape index (κ1) is 28.0. The Balaban J connectivity index is 1.47. The van der Waals surface area contributed by atoms with Gasteiger partial charge >= 0.3 is 0 Å². The van der Waals surface area contributed by atoms with Gasteiger partial charge in [-0.3, -0.25) is 10.4 Å². The lowest BCUT2D eigenvalue weighted by Gasteiger charge is -2.18. The number of rotatable bonds is 11. The number of ether oxygens (including phenoxy) is 1. The molecule has 0 bridgehead atoms. The summed E-state index contributed by atoms with van der Waals surface area (Å²) in [5.41, 5.74) is 8.90. The number of nitrogen functional groups attached to an aromatic ring is 1. The Morgan fingerprint density at radius 3 is 2.45 bits per heavy atom.